The van der Waals surface area contributed by atoms with Gasteiger partial charge in [0.05, 0.1) is 13.2 Å². The Balaban J connectivity index is 1.80. The molecule has 1 saturated heterocycles. The van der Waals surface area contributed by atoms with Crippen molar-refractivity contribution < 1.29 is 9.53 Å². The molecule has 1 atom stereocenters. The highest BCUT2D eigenvalue weighted by Gasteiger charge is 2.30. The van der Waals surface area contributed by atoms with E-state index in [1.54, 1.807) is 0 Å². The zero-order valence-corrected chi connectivity index (χ0v) is 11.5. The molecular weight excluding hydrogens is 226 g/mol. The summed E-state index contributed by atoms with van der Waals surface area (Å²) >= 11 is 0. The lowest BCUT2D eigenvalue weighted by Crippen LogP contribution is -2.40. The topological polar surface area (TPSA) is 29.5 Å². The maximum absolute atomic E-state index is 12.2. The van der Waals surface area contributed by atoms with E-state index in [-0.39, 0.29) is 5.92 Å². The molecule has 1 aliphatic carbocycles. The van der Waals surface area contributed by atoms with Gasteiger partial charge < -0.3 is 4.74 Å². The normalized spacial score (nSPS) is 28.2. The van der Waals surface area contributed by atoms with E-state index < -0.39 is 0 Å². The van der Waals surface area contributed by atoms with Crippen LogP contribution in [0.3, 0.4) is 0 Å². The summed E-state index contributed by atoms with van der Waals surface area (Å²) in [7, 11) is 0. The van der Waals surface area contributed by atoms with Crippen molar-refractivity contribution in [2.45, 2.75) is 39.0 Å². The van der Waals surface area contributed by atoms with Crippen LogP contribution in [0.1, 0.15) is 39.0 Å². The van der Waals surface area contributed by atoms with Crippen molar-refractivity contribution in [1.82, 2.24) is 4.90 Å². The number of allylic oxidation sites excluding steroid dienone is 2. The molecule has 2 rings (SSSR count). The summed E-state index contributed by atoms with van der Waals surface area (Å²) in [6.45, 7) is 6.74. The maximum Gasteiger partial charge on any atom is 0.162 e. The van der Waals surface area contributed by atoms with E-state index >= 15 is 0 Å². The summed E-state index contributed by atoms with van der Waals surface area (Å²) in [4.78, 5) is 14.6. The Bertz CT molecular complexity index is 306. The van der Waals surface area contributed by atoms with Gasteiger partial charge >= 0.3 is 0 Å². The molecule has 0 aromatic rings. The zero-order chi connectivity index (χ0) is 12.8. The van der Waals surface area contributed by atoms with Gasteiger partial charge in [-0.1, -0.05) is 25.8 Å². The van der Waals surface area contributed by atoms with Gasteiger partial charge in [0.1, 0.15) is 0 Å². The molecule has 0 unspecified atom stereocenters. The number of unbranched alkanes of at least 4 members (excludes halogenated alkanes) is 2. The molecule has 1 aliphatic heterocycles. The van der Waals surface area contributed by atoms with Gasteiger partial charge in [0.25, 0.3) is 0 Å². The molecule has 18 heavy (non-hydrogen) atoms. The zero-order valence-electron chi connectivity index (χ0n) is 11.5. The Morgan fingerprint density at radius 2 is 2.17 bits per heavy atom. The first-order valence-corrected chi connectivity index (χ1v) is 7.34. The number of morpholine rings is 1. The monoisotopic (exact) mass is 251 g/mol. The average molecular weight is 251 g/mol. The number of hydrogen-bond acceptors (Lipinski definition) is 3. The van der Waals surface area contributed by atoms with Crippen LogP contribution in [0.2, 0.25) is 0 Å². The van der Waals surface area contributed by atoms with Crippen LogP contribution >= 0.6 is 0 Å². The van der Waals surface area contributed by atoms with E-state index in [1.807, 2.05) is 0 Å². The number of hydrogen-bond donors (Lipinski definition) is 0. The van der Waals surface area contributed by atoms with E-state index in [9.17, 15) is 4.79 Å². The van der Waals surface area contributed by atoms with Gasteiger partial charge in [0, 0.05) is 25.6 Å². The Kier molecular flexibility index (Phi) is 5.39. The highest BCUT2D eigenvalue weighted by Crippen LogP contribution is 2.28. The fourth-order valence-corrected chi connectivity index (χ4v) is 2.80. The molecule has 0 aromatic heterocycles. The smallest absolute Gasteiger partial charge is 0.162 e. The predicted molar refractivity (Wildman–Crippen MR) is 72.6 cm³/mol. The average Bonchev–Trinajstić information content (AvgIpc) is 2.73. The van der Waals surface area contributed by atoms with Crippen LogP contribution in [-0.2, 0) is 9.53 Å². The summed E-state index contributed by atoms with van der Waals surface area (Å²) in [5, 5.41) is 0. The van der Waals surface area contributed by atoms with Gasteiger partial charge in [-0.2, -0.15) is 0 Å². The number of ketones is 1. The summed E-state index contributed by atoms with van der Waals surface area (Å²) in [6.07, 6.45) is 7.71. The van der Waals surface area contributed by atoms with Crippen LogP contribution in [0.15, 0.2) is 11.6 Å². The number of Topliss-reactive ketones (excluding diaryl/α,β-unsaturated/α-hetero) is 1. The number of rotatable bonds is 5. The van der Waals surface area contributed by atoms with Gasteiger partial charge in [0.15, 0.2) is 5.78 Å². The molecule has 0 spiro atoms. The van der Waals surface area contributed by atoms with Crippen LogP contribution < -0.4 is 0 Å². The van der Waals surface area contributed by atoms with Crippen LogP contribution in [0.4, 0.5) is 0 Å². The van der Waals surface area contributed by atoms with E-state index in [1.165, 1.54) is 12.8 Å². The number of carbonyl (C=O) groups excluding carboxylic acids is 1. The first-order chi connectivity index (χ1) is 8.81. The van der Waals surface area contributed by atoms with Crippen LogP contribution in [0.5, 0.6) is 0 Å². The van der Waals surface area contributed by atoms with Crippen molar-refractivity contribution in [2.75, 3.05) is 32.8 Å². The molecule has 102 valence electrons. The van der Waals surface area contributed by atoms with Crippen LogP contribution in [0, 0.1) is 5.92 Å². The second-order valence-corrected chi connectivity index (χ2v) is 5.38. The third-order valence-electron chi connectivity index (χ3n) is 3.98. The van der Waals surface area contributed by atoms with Crippen LogP contribution in [-0.4, -0.2) is 43.5 Å². The maximum atomic E-state index is 12.2. The Labute approximate surface area is 110 Å². The molecule has 2 fully saturated rings. The SMILES string of the molecule is CCCC/C=C1/CC[C@H](CN2CCOCC2)C1=O. The standard InChI is InChI=1S/C15H25NO2/c1-2-3-4-5-13-6-7-14(15(13)17)12-16-8-10-18-11-9-16/h5,14H,2-4,6-12H2,1H3/b13-5-/t14-/m1/s1. The second-order valence-electron chi connectivity index (χ2n) is 5.38. The Morgan fingerprint density at radius 3 is 2.89 bits per heavy atom. The van der Waals surface area contributed by atoms with Crippen molar-refractivity contribution in [3.63, 3.8) is 0 Å². The van der Waals surface area contributed by atoms with E-state index in [0.29, 0.717) is 5.78 Å². The van der Waals surface area contributed by atoms with Crippen molar-refractivity contribution in [1.29, 1.82) is 0 Å². The molecule has 3 nitrogen and oxygen atoms in total. The number of nitrogens with zero attached hydrogens (tertiary/aromatic N) is 1. The second kappa shape index (κ2) is 7.05. The lowest BCUT2D eigenvalue weighted by molar-refractivity contribution is -0.118. The molecule has 0 aromatic carbocycles. The lowest BCUT2D eigenvalue weighted by Gasteiger charge is -2.28. The fourth-order valence-electron chi connectivity index (χ4n) is 2.80. The highest BCUT2D eigenvalue weighted by atomic mass is 16.5. The van der Waals surface area contributed by atoms with E-state index in [4.69, 9.17) is 4.74 Å². The quantitative estimate of drug-likeness (QED) is 0.555. The van der Waals surface area contributed by atoms with Crippen LogP contribution in [0.25, 0.3) is 0 Å². The highest BCUT2D eigenvalue weighted by molar-refractivity contribution is 5.99. The first kappa shape index (κ1) is 13.8. The molecular formula is C15H25NO2. The summed E-state index contributed by atoms with van der Waals surface area (Å²) in [5.74, 6) is 0.661. The van der Waals surface area contributed by atoms with Crippen molar-refractivity contribution in [3.8, 4) is 0 Å². The Morgan fingerprint density at radius 1 is 1.39 bits per heavy atom. The molecule has 0 amide bonds. The van der Waals surface area contributed by atoms with Crippen molar-refractivity contribution in [2.24, 2.45) is 5.92 Å². The Hall–Kier alpha value is -0.670. The summed E-state index contributed by atoms with van der Waals surface area (Å²) in [6, 6.07) is 0. The third kappa shape index (κ3) is 3.66. The van der Waals surface area contributed by atoms with Gasteiger partial charge in [-0.3, -0.25) is 9.69 Å². The van der Waals surface area contributed by atoms with Crippen molar-refractivity contribution in [3.05, 3.63) is 11.6 Å². The predicted octanol–water partition coefficient (Wildman–Crippen LogP) is 2.41. The van der Waals surface area contributed by atoms with Gasteiger partial charge in [-0.05, 0) is 24.8 Å². The molecule has 2 aliphatic rings. The third-order valence-corrected chi connectivity index (χ3v) is 3.98. The lowest BCUT2D eigenvalue weighted by atomic mass is 10.0. The van der Waals surface area contributed by atoms with E-state index in [0.717, 1.165) is 57.7 Å². The minimum atomic E-state index is 0.246. The minimum absolute atomic E-state index is 0.246. The minimum Gasteiger partial charge on any atom is -0.379 e. The molecule has 1 saturated carbocycles. The number of ether oxygens (including phenoxy) is 1. The number of carbonyl (C=O) groups is 1. The first-order valence-electron chi connectivity index (χ1n) is 7.34. The molecule has 0 N–H and O–H groups in total. The molecule has 0 radical (unpaired) electrons. The van der Waals surface area contributed by atoms with Gasteiger partial charge in [0.2, 0.25) is 0 Å². The summed E-state index contributed by atoms with van der Waals surface area (Å²) < 4.78 is 5.34. The van der Waals surface area contributed by atoms with E-state index in [2.05, 4.69) is 17.9 Å². The fraction of sp³-hybridized carbons (Fsp3) is 0.800. The molecule has 0 bridgehead atoms. The molecule has 1 heterocycles. The van der Waals surface area contributed by atoms with Crippen molar-refractivity contribution >= 4 is 5.78 Å². The molecule has 3 heteroatoms. The van der Waals surface area contributed by atoms with Gasteiger partial charge in [-0.15, -0.1) is 0 Å². The largest absolute Gasteiger partial charge is 0.379 e. The summed E-state index contributed by atoms with van der Waals surface area (Å²) in [5.41, 5.74) is 1.10. The van der Waals surface area contributed by atoms with Gasteiger partial charge in [-0.25, -0.2) is 0 Å².